The maximum Gasteiger partial charge on any atom is 0.0645 e. The highest BCUT2D eigenvalue weighted by atomic mass is 15.1. The number of hydrogen-bond acceptors (Lipinski definition) is 1. The van der Waals surface area contributed by atoms with Crippen LogP contribution in [0.4, 0.5) is 17.1 Å². The summed E-state index contributed by atoms with van der Waals surface area (Å²) < 4.78 is 78.7. The molecule has 0 unspecified atom stereocenters. The van der Waals surface area contributed by atoms with Gasteiger partial charge in [-0.1, -0.05) is 164 Å². The first-order valence-corrected chi connectivity index (χ1v) is 17.9. The van der Waals surface area contributed by atoms with Crippen LogP contribution in [0.15, 0.2) is 218 Å². The Kier molecular flexibility index (Phi) is 6.01. The largest absolute Gasteiger partial charge is 0.311 e. The molecule has 0 N–H and O–H groups in total. The monoisotopic (exact) mass is 696 g/mol. The van der Waals surface area contributed by atoms with E-state index >= 15 is 0 Å². The maximum absolute atomic E-state index is 9.70. The van der Waals surface area contributed by atoms with E-state index in [0.717, 1.165) is 43.7 Å². The van der Waals surface area contributed by atoms with Gasteiger partial charge in [0.15, 0.2) is 0 Å². The molecule has 0 bridgehead atoms. The van der Waals surface area contributed by atoms with Crippen molar-refractivity contribution in [3.63, 3.8) is 0 Å². The smallest absolute Gasteiger partial charge is 0.0645 e. The quantitative estimate of drug-likeness (QED) is 0.161. The minimum atomic E-state index is -0.403. The summed E-state index contributed by atoms with van der Waals surface area (Å²) in [5.74, 6) is 0. The Bertz CT molecular complexity index is 3280. The summed E-state index contributed by atoms with van der Waals surface area (Å²) in [4.78, 5) is 1.35. The minimum absolute atomic E-state index is 0.0893. The van der Waals surface area contributed by atoms with E-state index in [1.807, 2.05) is 133 Å². The second kappa shape index (κ2) is 13.4. The van der Waals surface area contributed by atoms with Crippen molar-refractivity contribution in [3.8, 4) is 39.1 Å². The zero-order valence-electron chi connectivity index (χ0n) is 37.1. The number of hydrogen-bond donors (Lipinski definition) is 0. The van der Waals surface area contributed by atoms with Gasteiger partial charge in [0.1, 0.15) is 0 Å². The Hall–Kier alpha value is -7.16. The number of anilines is 3. The summed E-state index contributed by atoms with van der Waals surface area (Å²) >= 11 is 0. The van der Waals surface area contributed by atoms with E-state index in [1.54, 1.807) is 24.3 Å². The van der Waals surface area contributed by atoms with Gasteiger partial charge in [0, 0.05) is 33.4 Å². The fourth-order valence-electron chi connectivity index (χ4n) is 7.41. The van der Waals surface area contributed by atoms with Gasteiger partial charge in [0.25, 0.3) is 0 Å². The fraction of sp³-hybridized carbons (Fsp3) is 0. The van der Waals surface area contributed by atoms with Gasteiger partial charge in [-0.2, -0.15) is 0 Å². The van der Waals surface area contributed by atoms with Crippen molar-refractivity contribution in [1.29, 1.82) is 0 Å². The minimum Gasteiger partial charge on any atom is -0.311 e. The number of para-hydroxylation sites is 3. The predicted octanol–water partition coefficient (Wildman–Crippen LogP) is 14.4. The van der Waals surface area contributed by atoms with E-state index in [9.17, 15) is 11.0 Å². The average molecular weight is 697 g/mol. The molecule has 0 radical (unpaired) electrons. The van der Waals surface area contributed by atoms with Gasteiger partial charge in [0.05, 0.1) is 27.7 Å². The Morgan fingerprint density at radius 1 is 0.333 bits per heavy atom. The summed E-state index contributed by atoms with van der Waals surface area (Å²) in [5, 5.41) is 3.73. The summed E-state index contributed by atoms with van der Waals surface area (Å²) in [6.07, 6.45) is 0. The molecule has 1 heterocycles. The molecule has 0 aliphatic rings. The number of rotatable bonds is 7. The fourth-order valence-corrected chi connectivity index (χ4v) is 7.41. The Morgan fingerprint density at radius 3 is 1.48 bits per heavy atom. The second-order valence-electron chi connectivity index (χ2n) is 13.1. The van der Waals surface area contributed by atoms with Crippen LogP contribution in [0.25, 0.3) is 71.6 Å². The molecule has 0 fully saturated rings. The van der Waals surface area contributed by atoms with E-state index in [-0.39, 0.29) is 46.7 Å². The lowest BCUT2D eigenvalue weighted by Gasteiger charge is -2.26. The zero-order valence-corrected chi connectivity index (χ0v) is 29.1. The summed E-state index contributed by atoms with van der Waals surface area (Å²) in [6, 6.07) is 50.7. The van der Waals surface area contributed by atoms with E-state index in [2.05, 4.69) is 16.7 Å². The molecule has 2 heteroatoms. The normalized spacial score (nSPS) is 13.4. The Balaban J connectivity index is 1.22. The number of fused-ring (bicyclic) bond motifs is 4. The first-order valence-electron chi connectivity index (χ1n) is 21.9. The third-order valence-corrected chi connectivity index (χ3v) is 9.96. The van der Waals surface area contributed by atoms with Crippen LogP contribution in [0.5, 0.6) is 0 Å². The number of benzene rings is 9. The third-order valence-electron chi connectivity index (χ3n) is 9.96. The highest BCUT2D eigenvalue weighted by Gasteiger charge is 2.17. The molecule has 0 aliphatic carbocycles. The zero-order chi connectivity index (χ0) is 42.8. The van der Waals surface area contributed by atoms with Gasteiger partial charge in [-0.25, -0.2) is 0 Å². The van der Waals surface area contributed by atoms with E-state index in [0.29, 0.717) is 22.5 Å². The predicted molar refractivity (Wildman–Crippen MR) is 229 cm³/mol. The van der Waals surface area contributed by atoms with Crippen LogP contribution >= 0.6 is 0 Å². The number of aromatic nitrogens is 1. The van der Waals surface area contributed by atoms with Gasteiger partial charge < -0.3 is 9.47 Å². The SMILES string of the molecule is [2H]c1c([2H])c(N(c2ccc(-c3ccccc3)cc2)c2c([2H])c([2H])c(-c3cccc4ccccc34)c([2H])c2[2H])c([2H])c([2H])c1-c1ccccc1-n1c2ccccc2c2ccccc21. The highest BCUT2D eigenvalue weighted by molar-refractivity contribution is 6.09. The first-order chi connectivity index (χ1) is 30.2. The molecule has 1 aromatic heterocycles. The van der Waals surface area contributed by atoms with Gasteiger partial charge >= 0.3 is 0 Å². The highest BCUT2D eigenvalue weighted by Crippen LogP contribution is 2.40. The molecule has 0 saturated carbocycles. The Labute approximate surface area is 326 Å². The van der Waals surface area contributed by atoms with Crippen molar-refractivity contribution < 1.29 is 11.0 Å². The van der Waals surface area contributed by atoms with Gasteiger partial charge in [-0.05, 0) is 93.1 Å². The topological polar surface area (TPSA) is 8.17 Å². The van der Waals surface area contributed by atoms with Gasteiger partial charge in [-0.3, -0.25) is 0 Å². The van der Waals surface area contributed by atoms with Crippen molar-refractivity contribution in [2.45, 2.75) is 0 Å². The van der Waals surface area contributed by atoms with E-state index in [4.69, 9.17) is 0 Å². The van der Waals surface area contributed by atoms with Crippen molar-refractivity contribution in [1.82, 2.24) is 4.57 Å². The molecule has 0 amide bonds. The molecule has 0 atom stereocenters. The van der Waals surface area contributed by atoms with Crippen LogP contribution in [-0.4, -0.2) is 4.57 Å². The summed E-state index contributed by atoms with van der Waals surface area (Å²) in [6.45, 7) is 0. The molecule has 0 spiro atoms. The molecule has 10 aromatic rings. The molecular formula is C52H36N2. The van der Waals surface area contributed by atoms with Crippen molar-refractivity contribution >= 4 is 49.6 Å². The van der Waals surface area contributed by atoms with Crippen LogP contribution in [0.2, 0.25) is 0 Å². The lowest BCUT2D eigenvalue weighted by atomic mass is 9.98. The molecule has 2 nitrogen and oxygen atoms in total. The molecule has 54 heavy (non-hydrogen) atoms. The van der Waals surface area contributed by atoms with Crippen LogP contribution in [0.1, 0.15) is 11.0 Å². The molecule has 10 rings (SSSR count). The van der Waals surface area contributed by atoms with Crippen molar-refractivity contribution in [3.05, 3.63) is 218 Å². The Morgan fingerprint density at radius 2 is 0.815 bits per heavy atom. The van der Waals surface area contributed by atoms with Crippen LogP contribution < -0.4 is 4.90 Å². The van der Waals surface area contributed by atoms with Crippen LogP contribution in [-0.2, 0) is 0 Å². The average Bonchev–Trinajstić information content (AvgIpc) is 3.65. The number of nitrogens with zero attached hydrogens (tertiary/aromatic N) is 2. The maximum atomic E-state index is 9.70. The van der Waals surface area contributed by atoms with E-state index < -0.39 is 24.2 Å². The van der Waals surface area contributed by atoms with E-state index in [1.165, 1.54) is 4.90 Å². The second-order valence-corrected chi connectivity index (χ2v) is 13.1. The van der Waals surface area contributed by atoms with Crippen molar-refractivity contribution in [2.24, 2.45) is 0 Å². The van der Waals surface area contributed by atoms with Crippen molar-refractivity contribution in [2.75, 3.05) is 4.90 Å². The molecule has 0 saturated heterocycles. The van der Waals surface area contributed by atoms with Gasteiger partial charge in [0.2, 0.25) is 0 Å². The lowest BCUT2D eigenvalue weighted by molar-refractivity contribution is 1.18. The van der Waals surface area contributed by atoms with Crippen LogP contribution in [0, 0.1) is 0 Å². The van der Waals surface area contributed by atoms with Crippen LogP contribution in [0.3, 0.4) is 0 Å². The summed E-state index contributed by atoms with van der Waals surface area (Å²) in [7, 11) is 0. The first kappa shape index (κ1) is 24.2. The molecule has 9 aromatic carbocycles. The molecule has 0 aliphatic heterocycles. The lowest BCUT2D eigenvalue weighted by Crippen LogP contribution is -2.09. The third kappa shape index (κ3) is 5.53. The van der Waals surface area contributed by atoms with Gasteiger partial charge in [-0.15, -0.1) is 0 Å². The molecule has 254 valence electrons. The summed E-state index contributed by atoms with van der Waals surface area (Å²) in [5.41, 5.74) is 5.52. The molecular weight excluding hydrogens is 653 g/mol. The standard InChI is InChI=1S/C52H36N2/c1-2-13-37(14-3-1)38-25-31-42(32-26-38)53(43-33-27-40(28-34-43)46-21-12-16-39-15-4-5-17-45(39)46)44-35-29-41(30-36-44)47-18-6-9-22-50(47)54-51-23-10-7-19-48(51)49-20-8-11-24-52(49)54/h1-36H/i27D,28D,29D,30D,33D,34D,35D,36D.